The molecule has 0 aliphatic rings. The van der Waals surface area contributed by atoms with Crippen LogP contribution in [0.2, 0.25) is 5.15 Å². The van der Waals surface area contributed by atoms with Crippen LogP contribution in [0, 0.1) is 0 Å². The normalized spacial score (nSPS) is 10.3. The molecular weight excluding hydrogens is 316 g/mol. The van der Waals surface area contributed by atoms with Crippen LogP contribution in [-0.4, -0.2) is 23.0 Å². The minimum Gasteiger partial charge on any atom is -0.336 e. The number of nitrogens with one attached hydrogen (secondary N) is 3. The molecule has 0 saturated heterocycles. The van der Waals surface area contributed by atoms with Gasteiger partial charge in [-0.25, -0.2) is 9.78 Å². The third-order valence-corrected chi connectivity index (χ3v) is 3.02. The van der Waals surface area contributed by atoms with Crippen molar-refractivity contribution in [3.63, 3.8) is 0 Å². The molecule has 3 amide bonds. The number of hydrogen-bond donors (Lipinski definition) is 3. The number of carbonyl (C=O) groups excluding carboxylic acids is 2. The average Bonchev–Trinajstić information content (AvgIpc) is 2.48. The molecule has 0 spiro atoms. The molecule has 7 heteroatoms. The van der Waals surface area contributed by atoms with Gasteiger partial charge < -0.3 is 16.0 Å². The van der Waals surface area contributed by atoms with Crippen molar-refractivity contribution in [2.45, 2.75) is 19.9 Å². The molecule has 23 heavy (non-hydrogen) atoms. The van der Waals surface area contributed by atoms with E-state index in [2.05, 4.69) is 20.9 Å². The van der Waals surface area contributed by atoms with Gasteiger partial charge in [0.15, 0.2) is 0 Å². The van der Waals surface area contributed by atoms with Gasteiger partial charge in [-0.05, 0) is 50.2 Å². The van der Waals surface area contributed by atoms with Crippen LogP contribution < -0.4 is 16.0 Å². The summed E-state index contributed by atoms with van der Waals surface area (Å²) in [6, 6.07) is 9.65. The number of aromatic nitrogens is 1. The minimum atomic E-state index is -0.285. The van der Waals surface area contributed by atoms with E-state index in [0.29, 0.717) is 16.9 Å². The van der Waals surface area contributed by atoms with Gasteiger partial charge in [-0.3, -0.25) is 4.79 Å². The quantitative estimate of drug-likeness (QED) is 0.749. The maximum Gasteiger partial charge on any atom is 0.319 e. The van der Waals surface area contributed by atoms with E-state index in [4.69, 9.17) is 11.6 Å². The molecule has 6 nitrogen and oxygen atoms in total. The summed E-state index contributed by atoms with van der Waals surface area (Å²) >= 11 is 5.76. The summed E-state index contributed by atoms with van der Waals surface area (Å²) < 4.78 is 0. The second-order valence-electron chi connectivity index (χ2n) is 5.15. The van der Waals surface area contributed by atoms with Gasteiger partial charge >= 0.3 is 6.03 Å². The SMILES string of the molecule is CC(C)NC(=O)Nc1ccc(NC(=O)c2ccnc(Cl)c2)cc1. The zero-order valence-electron chi connectivity index (χ0n) is 12.8. The largest absolute Gasteiger partial charge is 0.336 e. The second kappa shape index (κ2) is 7.60. The number of hydrogen-bond acceptors (Lipinski definition) is 3. The topological polar surface area (TPSA) is 83.1 Å². The Labute approximate surface area is 139 Å². The highest BCUT2D eigenvalue weighted by Crippen LogP contribution is 2.15. The molecule has 0 bridgehead atoms. The summed E-state index contributed by atoms with van der Waals surface area (Å²) in [6.45, 7) is 3.76. The monoisotopic (exact) mass is 332 g/mol. The smallest absolute Gasteiger partial charge is 0.319 e. The Kier molecular flexibility index (Phi) is 5.54. The fraction of sp³-hybridized carbons (Fsp3) is 0.188. The zero-order chi connectivity index (χ0) is 16.8. The van der Waals surface area contributed by atoms with Crippen LogP contribution in [-0.2, 0) is 0 Å². The number of rotatable bonds is 4. The molecule has 0 fully saturated rings. The van der Waals surface area contributed by atoms with Crippen molar-refractivity contribution in [3.8, 4) is 0 Å². The first-order valence-electron chi connectivity index (χ1n) is 7.04. The Hall–Kier alpha value is -2.60. The van der Waals surface area contributed by atoms with Crippen LogP contribution in [0.3, 0.4) is 0 Å². The van der Waals surface area contributed by atoms with E-state index in [9.17, 15) is 9.59 Å². The molecular formula is C16H17ClN4O2. The van der Waals surface area contributed by atoms with E-state index in [1.165, 1.54) is 12.3 Å². The molecule has 0 atom stereocenters. The predicted octanol–water partition coefficient (Wildman–Crippen LogP) is 3.52. The number of pyridine rings is 1. The van der Waals surface area contributed by atoms with Gasteiger partial charge in [0.25, 0.3) is 5.91 Å². The first kappa shape index (κ1) is 16.8. The van der Waals surface area contributed by atoms with E-state index in [1.807, 2.05) is 13.8 Å². The van der Waals surface area contributed by atoms with E-state index in [1.54, 1.807) is 30.3 Å². The number of urea groups is 1. The Morgan fingerprint density at radius 2 is 1.65 bits per heavy atom. The van der Waals surface area contributed by atoms with Gasteiger partial charge in [-0.2, -0.15) is 0 Å². The minimum absolute atomic E-state index is 0.0562. The highest BCUT2D eigenvalue weighted by Gasteiger charge is 2.07. The summed E-state index contributed by atoms with van der Waals surface area (Å²) in [7, 11) is 0. The van der Waals surface area contributed by atoms with Crippen LogP contribution in [0.15, 0.2) is 42.6 Å². The molecule has 1 aromatic carbocycles. The number of amides is 3. The van der Waals surface area contributed by atoms with E-state index in [0.717, 1.165) is 0 Å². The van der Waals surface area contributed by atoms with Gasteiger partial charge in [0, 0.05) is 29.2 Å². The van der Waals surface area contributed by atoms with E-state index < -0.39 is 0 Å². The summed E-state index contributed by atoms with van der Waals surface area (Å²) in [6.07, 6.45) is 1.47. The van der Waals surface area contributed by atoms with Crippen molar-refractivity contribution in [3.05, 3.63) is 53.3 Å². The van der Waals surface area contributed by atoms with E-state index in [-0.39, 0.29) is 23.1 Å². The second-order valence-corrected chi connectivity index (χ2v) is 5.54. The van der Waals surface area contributed by atoms with Crippen molar-refractivity contribution in [2.24, 2.45) is 0 Å². The molecule has 0 unspecified atom stereocenters. The Bertz CT molecular complexity index is 701. The van der Waals surface area contributed by atoms with Gasteiger partial charge in [0.1, 0.15) is 5.15 Å². The molecule has 2 rings (SSSR count). The van der Waals surface area contributed by atoms with Crippen LogP contribution in [0.25, 0.3) is 0 Å². The van der Waals surface area contributed by atoms with Crippen LogP contribution in [0.1, 0.15) is 24.2 Å². The molecule has 0 radical (unpaired) electrons. The standard InChI is InChI=1S/C16H17ClN4O2/c1-10(2)19-16(23)21-13-5-3-12(4-6-13)20-15(22)11-7-8-18-14(17)9-11/h3-10H,1-2H3,(H,20,22)(H2,19,21,23). The molecule has 2 aromatic rings. The van der Waals surface area contributed by atoms with Gasteiger partial charge in [-0.1, -0.05) is 11.6 Å². The zero-order valence-corrected chi connectivity index (χ0v) is 13.5. The maximum absolute atomic E-state index is 12.1. The Morgan fingerprint density at radius 3 is 2.22 bits per heavy atom. The number of nitrogens with zero attached hydrogens (tertiary/aromatic N) is 1. The summed E-state index contributed by atoms with van der Waals surface area (Å²) in [5.41, 5.74) is 1.66. The highest BCUT2D eigenvalue weighted by molar-refractivity contribution is 6.29. The lowest BCUT2D eigenvalue weighted by atomic mass is 10.2. The molecule has 0 aliphatic carbocycles. The van der Waals surface area contributed by atoms with Crippen molar-refractivity contribution in [1.29, 1.82) is 0 Å². The van der Waals surface area contributed by atoms with E-state index >= 15 is 0 Å². The molecule has 0 saturated carbocycles. The van der Waals surface area contributed by atoms with Crippen LogP contribution in [0.4, 0.5) is 16.2 Å². The first-order valence-corrected chi connectivity index (χ1v) is 7.42. The summed E-state index contributed by atoms with van der Waals surface area (Å²) in [4.78, 5) is 27.5. The molecule has 3 N–H and O–H groups in total. The Morgan fingerprint density at radius 1 is 1.04 bits per heavy atom. The predicted molar refractivity (Wildman–Crippen MR) is 90.9 cm³/mol. The van der Waals surface area contributed by atoms with Crippen molar-refractivity contribution in [1.82, 2.24) is 10.3 Å². The summed E-state index contributed by atoms with van der Waals surface area (Å²) in [5.74, 6) is -0.285. The fourth-order valence-corrected chi connectivity index (χ4v) is 1.99. The maximum atomic E-state index is 12.1. The third kappa shape index (κ3) is 5.27. The van der Waals surface area contributed by atoms with Crippen LogP contribution in [0.5, 0.6) is 0 Å². The first-order chi connectivity index (χ1) is 10.9. The lowest BCUT2D eigenvalue weighted by molar-refractivity contribution is 0.102. The molecule has 0 aliphatic heterocycles. The van der Waals surface area contributed by atoms with Gasteiger partial charge in [0.2, 0.25) is 0 Å². The number of carbonyl (C=O) groups is 2. The van der Waals surface area contributed by atoms with Crippen molar-refractivity contribution < 1.29 is 9.59 Å². The van der Waals surface area contributed by atoms with Crippen molar-refractivity contribution >= 4 is 34.9 Å². The lowest BCUT2D eigenvalue weighted by Gasteiger charge is -2.11. The highest BCUT2D eigenvalue weighted by atomic mass is 35.5. The number of benzene rings is 1. The average molecular weight is 333 g/mol. The van der Waals surface area contributed by atoms with Crippen LogP contribution >= 0.6 is 11.6 Å². The van der Waals surface area contributed by atoms with Gasteiger partial charge in [0.05, 0.1) is 0 Å². The number of halogens is 1. The van der Waals surface area contributed by atoms with Gasteiger partial charge in [-0.15, -0.1) is 0 Å². The van der Waals surface area contributed by atoms with Crippen molar-refractivity contribution in [2.75, 3.05) is 10.6 Å². The lowest BCUT2D eigenvalue weighted by Crippen LogP contribution is -2.34. The third-order valence-electron chi connectivity index (χ3n) is 2.81. The number of anilines is 2. The fourth-order valence-electron chi connectivity index (χ4n) is 1.81. The summed E-state index contributed by atoms with van der Waals surface area (Å²) in [5, 5.41) is 8.43. The molecule has 1 heterocycles. The molecule has 1 aromatic heterocycles. The Balaban J connectivity index is 1.97. The molecule has 120 valence electrons.